The largest absolute Gasteiger partial charge is 0.484 e. The highest BCUT2D eigenvalue weighted by molar-refractivity contribution is 9.10. The van der Waals surface area contributed by atoms with Gasteiger partial charge in [0.2, 0.25) is 0 Å². The zero-order valence-corrected chi connectivity index (χ0v) is 15.2. The Hall–Kier alpha value is -1.81. The van der Waals surface area contributed by atoms with Crippen molar-refractivity contribution in [3.8, 4) is 5.75 Å². The molecule has 0 fully saturated rings. The van der Waals surface area contributed by atoms with Crippen LogP contribution in [0.2, 0.25) is 0 Å². The first-order valence-corrected chi connectivity index (χ1v) is 8.65. The molecule has 0 bridgehead atoms. The van der Waals surface area contributed by atoms with Crippen molar-refractivity contribution in [2.75, 3.05) is 11.9 Å². The first-order valence-electron chi connectivity index (χ1n) is 7.86. The maximum Gasteiger partial charge on any atom is 0.262 e. The van der Waals surface area contributed by atoms with E-state index >= 15 is 0 Å². The van der Waals surface area contributed by atoms with Crippen molar-refractivity contribution < 1.29 is 9.53 Å². The lowest BCUT2D eigenvalue weighted by Gasteiger charge is -2.10. The molecule has 0 atom stereocenters. The number of benzene rings is 2. The highest BCUT2D eigenvalue weighted by atomic mass is 79.9. The molecule has 2 aromatic rings. The zero-order valence-electron chi connectivity index (χ0n) is 13.6. The quantitative estimate of drug-likeness (QED) is 0.729. The normalized spacial score (nSPS) is 10.4. The van der Waals surface area contributed by atoms with Crippen molar-refractivity contribution in [1.29, 1.82) is 0 Å². The van der Waals surface area contributed by atoms with Crippen LogP contribution >= 0.6 is 15.9 Å². The lowest BCUT2D eigenvalue weighted by atomic mass is 10.1. The van der Waals surface area contributed by atoms with Crippen LogP contribution < -0.4 is 10.1 Å². The van der Waals surface area contributed by atoms with Crippen LogP contribution in [0.25, 0.3) is 0 Å². The molecule has 1 N–H and O–H groups in total. The van der Waals surface area contributed by atoms with Crippen LogP contribution in [0, 0.1) is 6.92 Å². The average Bonchev–Trinajstić information content (AvgIpc) is 2.53. The van der Waals surface area contributed by atoms with Crippen LogP contribution in [-0.2, 0) is 11.2 Å². The molecule has 0 saturated heterocycles. The molecule has 0 unspecified atom stereocenters. The highest BCUT2D eigenvalue weighted by Crippen LogP contribution is 2.24. The molecular weight excluding hydrogens is 354 g/mol. The van der Waals surface area contributed by atoms with Crippen molar-refractivity contribution in [3.63, 3.8) is 0 Å². The molecule has 0 radical (unpaired) electrons. The molecule has 0 aromatic heterocycles. The van der Waals surface area contributed by atoms with E-state index < -0.39 is 0 Å². The fraction of sp³-hybridized carbons (Fsp3) is 0.316. The minimum absolute atomic E-state index is 0.00647. The van der Waals surface area contributed by atoms with Gasteiger partial charge in [-0.3, -0.25) is 4.79 Å². The number of carbonyl (C=O) groups is 1. The molecule has 0 spiro atoms. The van der Waals surface area contributed by atoms with Crippen LogP contribution in [-0.4, -0.2) is 12.5 Å². The van der Waals surface area contributed by atoms with Gasteiger partial charge in [-0.2, -0.15) is 0 Å². The van der Waals surface area contributed by atoms with Crippen molar-refractivity contribution in [1.82, 2.24) is 0 Å². The molecular formula is C19H22BrNO2. The van der Waals surface area contributed by atoms with Gasteiger partial charge in [0.05, 0.1) is 5.69 Å². The summed E-state index contributed by atoms with van der Waals surface area (Å²) in [5.41, 5.74) is 3.14. The first-order chi connectivity index (χ1) is 11.1. The summed E-state index contributed by atoms with van der Waals surface area (Å²) in [5.74, 6) is 0.530. The first kappa shape index (κ1) is 17.5. The minimum Gasteiger partial charge on any atom is -0.484 e. The van der Waals surface area contributed by atoms with Crippen LogP contribution in [0.4, 0.5) is 5.69 Å². The topological polar surface area (TPSA) is 38.3 Å². The Balaban J connectivity index is 1.89. The number of unbranched alkanes of at least 4 members (excludes halogenated alkanes) is 1. The number of halogens is 1. The number of hydrogen-bond acceptors (Lipinski definition) is 2. The molecule has 3 nitrogen and oxygen atoms in total. The average molecular weight is 376 g/mol. The summed E-state index contributed by atoms with van der Waals surface area (Å²) in [6, 6.07) is 13.7. The number of nitrogens with one attached hydrogen (secondary N) is 1. The van der Waals surface area contributed by atoms with Crippen LogP contribution in [0.15, 0.2) is 46.9 Å². The van der Waals surface area contributed by atoms with Gasteiger partial charge >= 0.3 is 0 Å². The number of rotatable bonds is 7. The standard InChI is InChI=1S/C19H22BrNO2/c1-3-4-7-15-9-10-18(17(20)12-15)21-19(22)13-23-16-8-5-6-14(2)11-16/h5-6,8-12H,3-4,7,13H2,1-2H3,(H,21,22). The second-order valence-electron chi connectivity index (χ2n) is 5.57. The molecule has 4 heteroatoms. The fourth-order valence-electron chi connectivity index (χ4n) is 2.24. The predicted molar refractivity (Wildman–Crippen MR) is 98.1 cm³/mol. The van der Waals surface area contributed by atoms with Crippen molar-refractivity contribution in [3.05, 3.63) is 58.1 Å². The number of aryl methyl sites for hydroxylation is 2. The van der Waals surface area contributed by atoms with Gasteiger partial charge in [0, 0.05) is 4.47 Å². The Bertz CT molecular complexity index is 670. The van der Waals surface area contributed by atoms with Crippen LogP contribution in [0.1, 0.15) is 30.9 Å². The van der Waals surface area contributed by atoms with E-state index in [0.717, 1.165) is 22.1 Å². The van der Waals surface area contributed by atoms with Gasteiger partial charge in [-0.25, -0.2) is 0 Å². The Morgan fingerprint density at radius 3 is 2.74 bits per heavy atom. The number of carbonyl (C=O) groups excluding carboxylic acids is 1. The van der Waals surface area contributed by atoms with E-state index in [9.17, 15) is 4.79 Å². The summed E-state index contributed by atoms with van der Waals surface area (Å²) >= 11 is 3.52. The van der Waals surface area contributed by atoms with E-state index in [1.54, 1.807) is 0 Å². The van der Waals surface area contributed by atoms with E-state index in [-0.39, 0.29) is 12.5 Å². The molecule has 0 aliphatic carbocycles. The second-order valence-corrected chi connectivity index (χ2v) is 6.43. The Kier molecular flexibility index (Phi) is 6.66. The second kappa shape index (κ2) is 8.73. The molecule has 2 rings (SSSR count). The molecule has 0 aliphatic heterocycles. The molecule has 0 saturated carbocycles. The van der Waals surface area contributed by atoms with Gasteiger partial charge in [0.25, 0.3) is 5.91 Å². The monoisotopic (exact) mass is 375 g/mol. The van der Waals surface area contributed by atoms with Gasteiger partial charge in [-0.15, -0.1) is 0 Å². The third kappa shape index (κ3) is 5.71. The smallest absolute Gasteiger partial charge is 0.262 e. The van der Waals surface area contributed by atoms with E-state index in [4.69, 9.17) is 4.74 Å². The molecule has 2 aromatic carbocycles. The highest BCUT2D eigenvalue weighted by Gasteiger charge is 2.07. The van der Waals surface area contributed by atoms with Gasteiger partial charge in [-0.05, 0) is 71.1 Å². The van der Waals surface area contributed by atoms with Gasteiger partial charge < -0.3 is 10.1 Å². The van der Waals surface area contributed by atoms with Crippen molar-refractivity contribution in [2.45, 2.75) is 33.1 Å². The van der Waals surface area contributed by atoms with E-state index in [1.807, 2.05) is 37.3 Å². The Labute approximate surface area is 146 Å². The molecule has 122 valence electrons. The predicted octanol–water partition coefficient (Wildman–Crippen LogP) is 5.12. The Morgan fingerprint density at radius 1 is 1.22 bits per heavy atom. The summed E-state index contributed by atoms with van der Waals surface area (Å²) in [6.07, 6.45) is 3.40. The lowest BCUT2D eigenvalue weighted by Crippen LogP contribution is -2.20. The fourth-order valence-corrected chi connectivity index (χ4v) is 2.76. The molecule has 1 amide bonds. The summed E-state index contributed by atoms with van der Waals surface area (Å²) in [6.45, 7) is 4.16. The molecule has 23 heavy (non-hydrogen) atoms. The summed E-state index contributed by atoms with van der Waals surface area (Å²) in [5, 5.41) is 2.87. The number of amides is 1. The number of hydrogen-bond donors (Lipinski definition) is 1. The van der Waals surface area contributed by atoms with E-state index in [0.29, 0.717) is 5.75 Å². The third-order valence-electron chi connectivity index (χ3n) is 3.49. The Morgan fingerprint density at radius 2 is 2.04 bits per heavy atom. The zero-order chi connectivity index (χ0) is 16.7. The summed E-state index contributed by atoms with van der Waals surface area (Å²) < 4.78 is 6.41. The van der Waals surface area contributed by atoms with Crippen molar-refractivity contribution in [2.24, 2.45) is 0 Å². The SMILES string of the molecule is CCCCc1ccc(NC(=O)COc2cccc(C)c2)c(Br)c1. The van der Waals surface area contributed by atoms with Gasteiger partial charge in [-0.1, -0.05) is 31.5 Å². The van der Waals surface area contributed by atoms with Crippen LogP contribution in [0.5, 0.6) is 5.75 Å². The van der Waals surface area contributed by atoms with E-state index in [1.165, 1.54) is 18.4 Å². The maximum atomic E-state index is 12.0. The van der Waals surface area contributed by atoms with Crippen molar-refractivity contribution >= 4 is 27.5 Å². The summed E-state index contributed by atoms with van der Waals surface area (Å²) in [7, 11) is 0. The minimum atomic E-state index is -0.173. The maximum absolute atomic E-state index is 12.0. The third-order valence-corrected chi connectivity index (χ3v) is 4.14. The molecule has 0 aliphatic rings. The summed E-state index contributed by atoms with van der Waals surface area (Å²) in [4.78, 5) is 12.0. The van der Waals surface area contributed by atoms with E-state index in [2.05, 4.69) is 40.3 Å². The van der Waals surface area contributed by atoms with Gasteiger partial charge in [0.1, 0.15) is 5.75 Å². The van der Waals surface area contributed by atoms with Gasteiger partial charge in [0.15, 0.2) is 6.61 Å². The lowest BCUT2D eigenvalue weighted by molar-refractivity contribution is -0.118. The number of ether oxygens (including phenoxy) is 1. The number of anilines is 1. The molecule has 0 heterocycles. The van der Waals surface area contributed by atoms with Crippen LogP contribution in [0.3, 0.4) is 0 Å².